The maximum absolute atomic E-state index is 6.22. The van der Waals surface area contributed by atoms with Crippen LogP contribution in [0.5, 0.6) is 5.75 Å². The second-order valence-electron chi connectivity index (χ2n) is 4.69. The summed E-state index contributed by atoms with van der Waals surface area (Å²) in [5.74, 6) is 0.758. The van der Waals surface area contributed by atoms with Crippen molar-refractivity contribution in [2.75, 3.05) is 7.05 Å². The first kappa shape index (κ1) is 16.8. The summed E-state index contributed by atoms with van der Waals surface area (Å²) in [6, 6.07) is 4.07. The van der Waals surface area contributed by atoms with Crippen molar-refractivity contribution in [3.05, 3.63) is 43.1 Å². The number of nitrogens with zero attached hydrogens (tertiary/aromatic N) is 2. The van der Waals surface area contributed by atoms with Gasteiger partial charge in [-0.05, 0) is 63.5 Å². The van der Waals surface area contributed by atoms with E-state index in [-0.39, 0.29) is 0 Å². The van der Waals surface area contributed by atoms with E-state index in [1.165, 1.54) is 5.56 Å². The molecule has 0 saturated heterocycles. The van der Waals surface area contributed by atoms with Gasteiger partial charge in [-0.15, -0.1) is 0 Å². The zero-order chi connectivity index (χ0) is 15.6. The lowest BCUT2D eigenvalue weighted by Gasteiger charge is -2.12. The fraction of sp³-hybridized carbons (Fsp3) is 0.357. The van der Waals surface area contributed by atoms with Gasteiger partial charge in [0.05, 0.1) is 14.6 Å². The van der Waals surface area contributed by atoms with E-state index >= 15 is 0 Å². The molecule has 0 atom stereocenters. The van der Waals surface area contributed by atoms with E-state index in [0.29, 0.717) is 11.8 Å². The smallest absolute Gasteiger partial charge is 0.148 e. The van der Waals surface area contributed by atoms with E-state index in [1.807, 2.05) is 33.2 Å². The largest absolute Gasteiger partial charge is 0.486 e. The zero-order valence-corrected chi connectivity index (χ0v) is 15.9. The topological polar surface area (TPSA) is 39.1 Å². The molecule has 0 aliphatic heterocycles. The molecule has 1 heterocycles. The van der Waals surface area contributed by atoms with Crippen molar-refractivity contribution in [3.8, 4) is 5.75 Å². The number of aromatic nitrogens is 2. The van der Waals surface area contributed by atoms with Gasteiger partial charge in [0.15, 0.2) is 0 Å². The SMILES string of the molecule is CNCc1cc(Br)c(OCc2c(C)nn(C)c2Cl)c(Br)c1. The number of rotatable bonds is 5. The minimum Gasteiger partial charge on any atom is -0.486 e. The molecule has 0 bridgehead atoms. The Balaban J connectivity index is 2.20. The highest BCUT2D eigenvalue weighted by Gasteiger charge is 2.14. The first-order valence-electron chi connectivity index (χ1n) is 6.37. The number of aryl methyl sites for hydroxylation is 2. The molecule has 114 valence electrons. The average molecular weight is 438 g/mol. The van der Waals surface area contributed by atoms with E-state index in [1.54, 1.807) is 4.68 Å². The predicted octanol–water partition coefficient (Wildman–Crippen LogP) is 4.21. The van der Waals surface area contributed by atoms with Gasteiger partial charge in [0.25, 0.3) is 0 Å². The highest BCUT2D eigenvalue weighted by atomic mass is 79.9. The number of ether oxygens (including phenoxy) is 1. The average Bonchev–Trinajstić information content (AvgIpc) is 2.64. The Morgan fingerprint density at radius 1 is 1.33 bits per heavy atom. The van der Waals surface area contributed by atoms with Crippen molar-refractivity contribution < 1.29 is 4.74 Å². The lowest BCUT2D eigenvalue weighted by Crippen LogP contribution is -2.05. The number of hydrogen-bond acceptors (Lipinski definition) is 3. The van der Waals surface area contributed by atoms with Crippen molar-refractivity contribution >= 4 is 43.5 Å². The molecule has 0 fully saturated rings. The fourth-order valence-electron chi connectivity index (χ4n) is 2.04. The molecule has 1 aromatic carbocycles. The summed E-state index contributed by atoms with van der Waals surface area (Å²) in [6.07, 6.45) is 0. The van der Waals surface area contributed by atoms with Crippen molar-refractivity contribution in [2.24, 2.45) is 7.05 Å². The predicted molar refractivity (Wildman–Crippen MR) is 91.9 cm³/mol. The van der Waals surface area contributed by atoms with Crippen LogP contribution in [0.3, 0.4) is 0 Å². The van der Waals surface area contributed by atoms with Crippen LogP contribution in [0.4, 0.5) is 0 Å². The first-order valence-corrected chi connectivity index (χ1v) is 8.33. The van der Waals surface area contributed by atoms with Gasteiger partial charge in [-0.3, -0.25) is 4.68 Å². The second-order valence-corrected chi connectivity index (χ2v) is 6.75. The van der Waals surface area contributed by atoms with Gasteiger partial charge < -0.3 is 10.1 Å². The molecule has 2 aromatic rings. The quantitative estimate of drug-likeness (QED) is 0.762. The summed E-state index contributed by atoms with van der Waals surface area (Å²) in [5, 5.41) is 8.00. The van der Waals surface area contributed by atoms with Crippen LogP contribution < -0.4 is 10.1 Å². The van der Waals surface area contributed by atoms with Gasteiger partial charge in [-0.25, -0.2) is 0 Å². The molecule has 7 heteroatoms. The zero-order valence-electron chi connectivity index (χ0n) is 12.0. The van der Waals surface area contributed by atoms with Crippen LogP contribution in [-0.2, 0) is 20.2 Å². The summed E-state index contributed by atoms with van der Waals surface area (Å²) in [7, 11) is 3.73. The number of nitrogens with one attached hydrogen (secondary N) is 1. The normalized spacial score (nSPS) is 11.0. The Hall–Kier alpha value is -0.560. The van der Waals surface area contributed by atoms with Crippen LogP contribution >= 0.6 is 43.5 Å². The van der Waals surface area contributed by atoms with Crippen LogP contribution in [0.2, 0.25) is 5.15 Å². The summed E-state index contributed by atoms with van der Waals surface area (Å²) in [5.41, 5.74) is 2.94. The van der Waals surface area contributed by atoms with Gasteiger partial charge in [-0.2, -0.15) is 5.10 Å². The molecule has 0 spiro atoms. The van der Waals surface area contributed by atoms with Crippen LogP contribution in [0, 0.1) is 6.92 Å². The number of benzene rings is 1. The lowest BCUT2D eigenvalue weighted by molar-refractivity contribution is 0.301. The maximum Gasteiger partial charge on any atom is 0.148 e. The Morgan fingerprint density at radius 2 is 1.95 bits per heavy atom. The molecule has 1 N–H and O–H groups in total. The third kappa shape index (κ3) is 3.80. The molecular weight excluding hydrogens is 421 g/mol. The fourth-order valence-corrected chi connectivity index (χ4v) is 3.78. The van der Waals surface area contributed by atoms with Crippen molar-refractivity contribution in [1.82, 2.24) is 15.1 Å². The summed E-state index contributed by atoms with van der Waals surface area (Å²) in [6.45, 7) is 3.09. The molecule has 0 unspecified atom stereocenters. The van der Waals surface area contributed by atoms with Crippen molar-refractivity contribution in [3.63, 3.8) is 0 Å². The third-order valence-electron chi connectivity index (χ3n) is 3.07. The van der Waals surface area contributed by atoms with Gasteiger partial charge in [-0.1, -0.05) is 11.6 Å². The van der Waals surface area contributed by atoms with Crippen LogP contribution in [0.1, 0.15) is 16.8 Å². The number of halogens is 3. The van der Waals surface area contributed by atoms with Gasteiger partial charge in [0.2, 0.25) is 0 Å². The molecule has 0 radical (unpaired) electrons. The molecule has 0 amide bonds. The van der Waals surface area contributed by atoms with Crippen LogP contribution in [0.15, 0.2) is 21.1 Å². The third-order valence-corrected chi connectivity index (χ3v) is 4.72. The molecular formula is C14H16Br2ClN3O. The highest BCUT2D eigenvalue weighted by molar-refractivity contribution is 9.11. The minimum absolute atomic E-state index is 0.376. The van der Waals surface area contributed by atoms with Gasteiger partial charge in [0, 0.05) is 19.2 Å². The lowest BCUT2D eigenvalue weighted by atomic mass is 10.2. The summed E-state index contributed by atoms with van der Waals surface area (Å²) < 4.78 is 9.36. The van der Waals surface area contributed by atoms with E-state index < -0.39 is 0 Å². The Morgan fingerprint density at radius 3 is 2.43 bits per heavy atom. The van der Waals surface area contributed by atoms with E-state index in [2.05, 4.69) is 42.3 Å². The molecule has 4 nitrogen and oxygen atoms in total. The molecule has 21 heavy (non-hydrogen) atoms. The highest BCUT2D eigenvalue weighted by Crippen LogP contribution is 2.36. The Kier molecular flexibility index (Phi) is 5.71. The molecule has 1 aromatic heterocycles. The van der Waals surface area contributed by atoms with Crippen molar-refractivity contribution in [1.29, 1.82) is 0 Å². The Bertz CT molecular complexity index is 635. The van der Waals surface area contributed by atoms with Gasteiger partial charge in [0.1, 0.15) is 17.5 Å². The van der Waals surface area contributed by atoms with Crippen LogP contribution in [0.25, 0.3) is 0 Å². The summed E-state index contributed by atoms with van der Waals surface area (Å²) in [4.78, 5) is 0. The molecule has 0 aliphatic rings. The summed E-state index contributed by atoms with van der Waals surface area (Å²) >= 11 is 13.3. The molecule has 0 aliphatic carbocycles. The monoisotopic (exact) mass is 435 g/mol. The van der Waals surface area contributed by atoms with Crippen LogP contribution in [-0.4, -0.2) is 16.8 Å². The standard InChI is InChI=1S/C14H16Br2ClN3O/c1-8-10(14(17)20(3)19-8)7-21-13-11(15)4-9(6-18-2)5-12(13)16/h4-5,18H,6-7H2,1-3H3. The van der Waals surface area contributed by atoms with Gasteiger partial charge >= 0.3 is 0 Å². The first-order chi connectivity index (χ1) is 9.93. The maximum atomic E-state index is 6.22. The van der Waals surface area contributed by atoms with E-state index in [0.717, 1.165) is 32.5 Å². The van der Waals surface area contributed by atoms with E-state index in [4.69, 9.17) is 16.3 Å². The second kappa shape index (κ2) is 7.13. The van der Waals surface area contributed by atoms with Crippen molar-refractivity contribution in [2.45, 2.75) is 20.1 Å². The Labute approximate surface area is 146 Å². The molecule has 2 rings (SSSR count). The minimum atomic E-state index is 0.376. The van der Waals surface area contributed by atoms with E-state index in [9.17, 15) is 0 Å². The molecule has 0 saturated carbocycles. The number of hydrogen-bond donors (Lipinski definition) is 1.